The van der Waals surface area contributed by atoms with Crippen LogP contribution in [0.3, 0.4) is 0 Å². The third kappa shape index (κ3) is 4.31. The van der Waals surface area contributed by atoms with Crippen LogP contribution < -0.4 is 10.1 Å². The molecule has 1 fully saturated rings. The summed E-state index contributed by atoms with van der Waals surface area (Å²) < 4.78 is 11.0. The number of aromatic nitrogens is 2. The van der Waals surface area contributed by atoms with Gasteiger partial charge in [-0.3, -0.25) is 9.78 Å². The Morgan fingerprint density at radius 1 is 1.25 bits per heavy atom. The van der Waals surface area contributed by atoms with Crippen molar-refractivity contribution < 1.29 is 19.1 Å². The van der Waals surface area contributed by atoms with Gasteiger partial charge in [-0.15, -0.1) is 0 Å². The van der Waals surface area contributed by atoms with Gasteiger partial charge < -0.3 is 19.6 Å². The van der Waals surface area contributed by atoms with Gasteiger partial charge in [-0.1, -0.05) is 25.3 Å². The summed E-state index contributed by atoms with van der Waals surface area (Å²) in [5, 5.41) is 14.2. The van der Waals surface area contributed by atoms with Crippen LogP contribution in [0.25, 0.3) is 10.9 Å². The maximum atomic E-state index is 12.3. The van der Waals surface area contributed by atoms with E-state index in [0.29, 0.717) is 24.5 Å². The van der Waals surface area contributed by atoms with Gasteiger partial charge in [0.05, 0.1) is 11.1 Å². The first kappa shape index (κ1) is 18.4. The molecule has 1 aromatic carbocycles. The first-order valence-electron chi connectivity index (χ1n) is 9.54. The summed E-state index contributed by atoms with van der Waals surface area (Å²) in [4.78, 5) is 20.7. The summed E-state index contributed by atoms with van der Waals surface area (Å²) in [5.41, 5.74) is 0.263. The van der Waals surface area contributed by atoms with E-state index >= 15 is 0 Å². The molecule has 2 heterocycles. The minimum atomic E-state index is -0.811. The number of hydrogen-bond acceptors (Lipinski definition) is 6. The predicted molar refractivity (Wildman–Crippen MR) is 103 cm³/mol. The number of pyridine rings is 1. The van der Waals surface area contributed by atoms with E-state index in [4.69, 9.17) is 9.15 Å². The first-order chi connectivity index (χ1) is 13.6. The fourth-order valence-corrected chi connectivity index (χ4v) is 3.49. The minimum Gasteiger partial charge on any atom is -0.484 e. The van der Waals surface area contributed by atoms with Gasteiger partial charge in [0, 0.05) is 18.1 Å². The number of hydrogen-bond donors (Lipinski definition) is 2. The summed E-state index contributed by atoms with van der Waals surface area (Å²) in [6.45, 7) is 0.346. The van der Waals surface area contributed by atoms with Crippen molar-refractivity contribution in [3.63, 3.8) is 0 Å². The highest BCUT2D eigenvalue weighted by Crippen LogP contribution is 2.27. The number of nitrogens with zero attached hydrogens (tertiary/aromatic N) is 2. The van der Waals surface area contributed by atoms with E-state index in [2.05, 4.69) is 15.3 Å². The number of benzene rings is 1. The number of oxazole rings is 1. The molecule has 0 spiro atoms. The van der Waals surface area contributed by atoms with Crippen molar-refractivity contribution in [1.29, 1.82) is 0 Å². The third-order valence-electron chi connectivity index (χ3n) is 5.08. The average Bonchev–Trinajstić information content (AvgIpc) is 3.20. The van der Waals surface area contributed by atoms with E-state index in [9.17, 15) is 9.90 Å². The molecule has 2 aromatic heterocycles. The Labute approximate surface area is 162 Å². The van der Waals surface area contributed by atoms with E-state index in [-0.39, 0.29) is 24.8 Å². The van der Waals surface area contributed by atoms with Crippen molar-refractivity contribution in [2.24, 2.45) is 0 Å². The van der Waals surface area contributed by atoms with Crippen molar-refractivity contribution in [3.8, 4) is 5.75 Å². The molecule has 4 rings (SSSR count). The highest BCUT2D eigenvalue weighted by atomic mass is 16.5. The largest absolute Gasteiger partial charge is 0.484 e. The zero-order valence-corrected chi connectivity index (χ0v) is 15.6. The topological polar surface area (TPSA) is 97.5 Å². The molecule has 0 bridgehead atoms. The Morgan fingerprint density at radius 3 is 2.96 bits per heavy atom. The van der Waals surface area contributed by atoms with Crippen LogP contribution in [0.15, 0.2) is 47.2 Å². The lowest BCUT2D eigenvalue weighted by Gasteiger charge is -2.31. The quantitative estimate of drug-likeness (QED) is 0.680. The number of carbonyl (C=O) groups is 1. The van der Waals surface area contributed by atoms with Gasteiger partial charge >= 0.3 is 0 Å². The Balaban J connectivity index is 1.32. The average molecular weight is 381 g/mol. The fraction of sp³-hybridized carbons (Fsp3) is 0.381. The zero-order chi connectivity index (χ0) is 19.4. The minimum absolute atomic E-state index is 0.114. The molecule has 146 valence electrons. The second-order valence-electron chi connectivity index (χ2n) is 7.24. The molecule has 3 aromatic rings. The SMILES string of the molecule is O=C(NCC1(O)CCCCC1)c1coc(COc2ccc3ncccc3c2)n1. The second-order valence-corrected chi connectivity index (χ2v) is 7.24. The molecular formula is C21H23N3O4. The summed E-state index contributed by atoms with van der Waals surface area (Å²) in [6.07, 6.45) is 7.60. The molecule has 0 radical (unpaired) electrons. The molecule has 1 aliphatic rings. The molecule has 0 saturated heterocycles. The molecular weight excluding hydrogens is 358 g/mol. The molecule has 7 heteroatoms. The van der Waals surface area contributed by atoms with Crippen molar-refractivity contribution in [2.75, 3.05) is 6.54 Å². The van der Waals surface area contributed by atoms with Crippen LogP contribution in [0.4, 0.5) is 0 Å². The summed E-state index contributed by atoms with van der Waals surface area (Å²) in [6, 6.07) is 9.44. The molecule has 0 aliphatic heterocycles. The molecule has 7 nitrogen and oxygen atoms in total. The van der Waals surface area contributed by atoms with Gasteiger partial charge in [0.15, 0.2) is 12.3 Å². The molecule has 0 unspecified atom stereocenters. The fourth-order valence-electron chi connectivity index (χ4n) is 3.49. The van der Waals surface area contributed by atoms with Gasteiger partial charge in [-0.2, -0.15) is 0 Å². The number of aliphatic hydroxyl groups is 1. The van der Waals surface area contributed by atoms with Crippen LogP contribution in [0.5, 0.6) is 5.75 Å². The number of ether oxygens (including phenoxy) is 1. The van der Waals surface area contributed by atoms with E-state index in [1.165, 1.54) is 6.26 Å². The van der Waals surface area contributed by atoms with Crippen molar-refractivity contribution >= 4 is 16.8 Å². The van der Waals surface area contributed by atoms with Crippen molar-refractivity contribution in [1.82, 2.24) is 15.3 Å². The van der Waals surface area contributed by atoms with Gasteiger partial charge in [-0.25, -0.2) is 4.98 Å². The Bertz CT molecular complexity index is 963. The van der Waals surface area contributed by atoms with Crippen LogP contribution in [0, 0.1) is 0 Å². The van der Waals surface area contributed by atoms with Crippen LogP contribution in [-0.2, 0) is 6.61 Å². The van der Waals surface area contributed by atoms with E-state index in [1.807, 2.05) is 30.3 Å². The van der Waals surface area contributed by atoms with Gasteiger partial charge in [0.1, 0.15) is 12.0 Å². The predicted octanol–water partition coefficient (Wildman–Crippen LogP) is 3.23. The Morgan fingerprint density at radius 2 is 2.11 bits per heavy atom. The van der Waals surface area contributed by atoms with E-state index in [0.717, 1.165) is 30.2 Å². The first-order valence-corrected chi connectivity index (χ1v) is 9.54. The molecule has 2 N–H and O–H groups in total. The number of carbonyl (C=O) groups excluding carboxylic acids is 1. The van der Waals surface area contributed by atoms with Crippen LogP contribution >= 0.6 is 0 Å². The molecule has 1 amide bonds. The molecule has 28 heavy (non-hydrogen) atoms. The molecule has 0 atom stereocenters. The highest BCUT2D eigenvalue weighted by molar-refractivity contribution is 5.91. The third-order valence-corrected chi connectivity index (χ3v) is 5.08. The lowest BCUT2D eigenvalue weighted by Crippen LogP contribution is -2.44. The van der Waals surface area contributed by atoms with Crippen molar-refractivity contribution in [2.45, 2.75) is 44.3 Å². The normalized spacial score (nSPS) is 16.0. The zero-order valence-electron chi connectivity index (χ0n) is 15.6. The molecule has 1 aliphatic carbocycles. The van der Waals surface area contributed by atoms with Gasteiger partial charge in [0.2, 0.25) is 5.89 Å². The maximum Gasteiger partial charge on any atom is 0.273 e. The standard InChI is InChI=1S/C21H23N3O4/c25-20(23-14-21(26)8-2-1-3-9-21)18-12-28-19(24-18)13-27-16-6-7-17-15(11-16)5-4-10-22-17/h4-7,10-12,26H,1-3,8-9,13-14H2,(H,23,25). The monoisotopic (exact) mass is 381 g/mol. The second kappa shape index (κ2) is 7.98. The summed E-state index contributed by atoms with van der Waals surface area (Å²) >= 11 is 0. The number of nitrogens with one attached hydrogen (secondary N) is 1. The Hall–Kier alpha value is -2.93. The van der Waals surface area contributed by atoms with Crippen LogP contribution in [0.1, 0.15) is 48.5 Å². The number of rotatable bonds is 6. The van der Waals surface area contributed by atoms with Gasteiger partial charge in [0.25, 0.3) is 5.91 Å². The van der Waals surface area contributed by atoms with Crippen LogP contribution in [-0.4, -0.2) is 33.1 Å². The van der Waals surface area contributed by atoms with Gasteiger partial charge in [-0.05, 0) is 37.1 Å². The molecule has 1 saturated carbocycles. The lowest BCUT2D eigenvalue weighted by molar-refractivity contribution is 0.00521. The highest BCUT2D eigenvalue weighted by Gasteiger charge is 2.29. The smallest absolute Gasteiger partial charge is 0.273 e. The Kier molecular flexibility index (Phi) is 5.25. The number of fused-ring (bicyclic) bond motifs is 1. The maximum absolute atomic E-state index is 12.3. The summed E-state index contributed by atoms with van der Waals surface area (Å²) in [7, 11) is 0. The lowest BCUT2D eigenvalue weighted by atomic mass is 9.85. The van der Waals surface area contributed by atoms with E-state index in [1.54, 1.807) is 6.20 Å². The van der Waals surface area contributed by atoms with Crippen molar-refractivity contribution in [3.05, 3.63) is 54.4 Å². The summed E-state index contributed by atoms with van der Waals surface area (Å²) in [5.74, 6) is 0.628. The number of amides is 1. The van der Waals surface area contributed by atoms with E-state index < -0.39 is 5.60 Å². The van der Waals surface area contributed by atoms with Crippen LogP contribution in [0.2, 0.25) is 0 Å².